The number of carbonyl (C=O) groups is 2. The second kappa shape index (κ2) is 8.06. The van der Waals surface area contributed by atoms with Gasteiger partial charge in [0.1, 0.15) is 0 Å². The third-order valence-corrected chi connectivity index (χ3v) is 6.27. The molecular weight excluding hydrogens is 444 g/mol. The Labute approximate surface area is 191 Å². The first-order chi connectivity index (χ1) is 16.0. The molecule has 1 amide bonds. The molecule has 0 saturated carbocycles. The molecule has 166 valence electrons. The van der Waals surface area contributed by atoms with E-state index in [2.05, 4.69) is 15.0 Å². The van der Waals surface area contributed by atoms with Gasteiger partial charge in [0.05, 0.1) is 41.7 Å². The third-order valence-electron chi connectivity index (χ3n) is 5.40. The van der Waals surface area contributed by atoms with Crippen LogP contribution in [-0.4, -0.2) is 46.0 Å². The highest BCUT2D eigenvalue weighted by atomic mass is 32.1. The van der Waals surface area contributed by atoms with Crippen molar-refractivity contribution in [2.45, 2.75) is 6.04 Å². The molecule has 5 rings (SSSR count). The number of imidazole rings is 1. The summed E-state index contributed by atoms with van der Waals surface area (Å²) < 4.78 is 10.7. The van der Waals surface area contributed by atoms with Crippen molar-refractivity contribution in [1.82, 2.24) is 15.0 Å². The summed E-state index contributed by atoms with van der Waals surface area (Å²) in [6, 6.07) is 9.31. The normalized spacial score (nSPS) is 16.0. The van der Waals surface area contributed by atoms with Crippen LogP contribution in [0.4, 0.5) is 5.95 Å². The maximum Gasteiger partial charge on any atom is 0.296 e. The average molecular weight is 462 g/mol. The van der Waals surface area contributed by atoms with Crippen LogP contribution in [0.15, 0.2) is 65.5 Å². The topological polar surface area (TPSA) is 118 Å². The van der Waals surface area contributed by atoms with Crippen molar-refractivity contribution in [1.29, 1.82) is 0 Å². The molecule has 1 aliphatic rings. The van der Waals surface area contributed by atoms with Crippen molar-refractivity contribution >= 4 is 40.0 Å². The maximum absolute atomic E-state index is 13.3. The molecule has 4 heterocycles. The second-order valence-electron chi connectivity index (χ2n) is 7.22. The number of carbonyl (C=O) groups excluding carboxylic acids is 2. The molecule has 3 aromatic heterocycles. The monoisotopic (exact) mass is 462 g/mol. The van der Waals surface area contributed by atoms with E-state index >= 15 is 0 Å². The van der Waals surface area contributed by atoms with E-state index in [4.69, 9.17) is 9.47 Å². The van der Waals surface area contributed by atoms with Gasteiger partial charge in [-0.2, -0.15) is 0 Å². The fraction of sp³-hybridized carbons (Fsp3) is 0.130. The molecule has 0 aliphatic carbocycles. The quantitative estimate of drug-likeness (QED) is 0.418. The predicted octanol–water partition coefficient (Wildman–Crippen LogP) is 3.82. The Kier molecular flexibility index (Phi) is 5.06. The minimum Gasteiger partial charge on any atom is -0.503 e. The number of amides is 1. The SMILES string of the molecule is COc1cc2nc(N3C(=O)C(O)=C(C(=O)c4cccs4)C3c3cccnc3)[nH]c2cc1OC. The van der Waals surface area contributed by atoms with Crippen LogP contribution in [0.25, 0.3) is 11.0 Å². The molecule has 0 bridgehead atoms. The second-order valence-corrected chi connectivity index (χ2v) is 8.17. The number of nitrogens with one attached hydrogen (secondary N) is 1. The smallest absolute Gasteiger partial charge is 0.296 e. The van der Waals surface area contributed by atoms with E-state index in [1.807, 2.05) is 0 Å². The van der Waals surface area contributed by atoms with Crippen LogP contribution < -0.4 is 14.4 Å². The van der Waals surface area contributed by atoms with Gasteiger partial charge in [-0.1, -0.05) is 12.1 Å². The van der Waals surface area contributed by atoms with Gasteiger partial charge in [0.2, 0.25) is 11.7 Å². The number of hydrogen-bond donors (Lipinski definition) is 2. The van der Waals surface area contributed by atoms with E-state index in [1.54, 1.807) is 54.2 Å². The van der Waals surface area contributed by atoms with E-state index < -0.39 is 23.5 Å². The summed E-state index contributed by atoms with van der Waals surface area (Å²) in [5.74, 6) is -0.633. The predicted molar refractivity (Wildman–Crippen MR) is 122 cm³/mol. The van der Waals surface area contributed by atoms with Gasteiger partial charge >= 0.3 is 0 Å². The number of ether oxygens (including phenoxy) is 2. The number of thiophene rings is 1. The zero-order valence-corrected chi connectivity index (χ0v) is 18.4. The molecule has 1 aliphatic heterocycles. The lowest BCUT2D eigenvalue weighted by molar-refractivity contribution is -0.117. The Morgan fingerprint density at radius 3 is 2.64 bits per heavy atom. The van der Waals surface area contributed by atoms with E-state index in [9.17, 15) is 14.7 Å². The van der Waals surface area contributed by atoms with E-state index in [0.29, 0.717) is 33.0 Å². The van der Waals surface area contributed by atoms with Crippen LogP contribution in [0.1, 0.15) is 21.3 Å². The number of Topliss-reactive ketones (excluding diaryl/α,β-unsaturated/α-hetero) is 1. The number of aliphatic hydroxyl groups is 1. The van der Waals surface area contributed by atoms with Crippen molar-refractivity contribution in [2.24, 2.45) is 0 Å². The number of anilines is 1. The molecule has 1 unspecified atom stereocenters. The molecular formula is C23H18N4O5S. The summed E-state index contributed by atoms with van der Waals surface area (Å²) in [7, 11) is 3.04. The summed E-state index contributed by atoms with van der Waals surface area (Å²) in [4.78, 5) is 40.0. The van der Waals surface area contributed by atoms with Crippen LogP contribution in [0, 0.1) is 0 Å². The number of nitrogens with zero attached hydrogens (tertiary/aromatic N) is 3. The summed E-state index contributed by atoms with van der Waals surface area (Å²) >= 11 is 1.24. The van der Waals surface area contributed by atoms with Crippen LogP contribution >= 0.6 is 11.3 Å². The summed E-state index contributed by atoms with van der Waals surface area (Å²) in [6.45, 7) is 0. The average Bonchev–Trinajstić information content (AvgIpc) is 3.57. The molecule has 2 N–H and O–H groups in total. The van der Waals surface area contributed by atoms with Crippen LogP contribution in [0.2, 0.25) is 0 Å². The Morgan fingerprint density at radius 1 is 1.18 bits per heavy atom. The van der Waals surface area contributed by atoms with E-state index in [-0.39, 0.29) is 11.5 Å². The van der Waals surface area contributed by atoms with Gasteiger partial charge in [-0.25, -0.2) is 4.98 Å². The standard InChI is InChI=1S/C23H18N4O5S/c1-31-15-9-13-14(10-16(15)32-2)26-23(25-13)27-19(12-5-3-7-24-11-12)18(21(29)22(27)30)20(28)17-6-4-8-33-17/h3-11,19,29H,1-2H3,(H,25,26). The highest BCUT2D eigenvalue weighted by molar-refractivity contribution is 7.12. The molecule has 9 nitrogen and oxygen atoms in total. The van der Waals surface area contributed by atoms with Crippen LogP contribution in [0.3, 0.4) is 0 Å². The minimum atomic E-state index is -0.912. The molecule has 0 saturated heterocycles. The van der Waals surface area contributed by atoms with Gasteiger partial charge in [0.25, 0.3) is 5.91 Å². The first-order valence-electron chi connectivity index (χ1n) is 9.90. The molecule has 33 heavy (non-hydrogen) atoms. The number of methoxy groups -OCH3 is 2. The Bertz CT molecular complexity index is 1350. The molecule has 0 spiro atoms. The van der Waals surface area contributed by atoms with Crippen molar-refractivity contribution in [3.8, 4) is 11.5 Å². The van der Waals surface area contributed by atoms with Gasteiger partial charge in [0, 0.05) is 24.5 Å². The first-order valence-corrected chi connectivity index (χ1v) is 10.8. The molecule has 0 fully saturated rings. The highest BCUT2D eigenvalue weighted by Crippen LogP contribution is 2.42. The zero-order chi connectivity index (χ0) is 23.1. The number of aromatic amines is 1. The first kappa shape index (κ1) is 20.7. The fourth-order valence-corrected chi connectivity index (χ4v) is 4.56. The lowest BCUT2D eigenvalue weighted by Crippen LogP contribution is -2.32. The number of benzene rings is 1. The molecule has 1 atom stereocenters. The Balaban J connectivity index is 1.67. The summed E-state index contributed by atoms with van der Waals surface area (Å²) in [5, 5.41) is 12.6. The number of H-pyrrole nitrogens is 1. The number of pyridine rings is 1. The number of ketones is 1. The van der Waals surface area contributed by atoms with Crippen molar-refractivity contribution in [3.63, 3.8) is 0 Å². The van der Waals surface area contributed by atoms with Gasteiger partial charge in [-0.15, -0.1) is 11.3 Å². The number of fused-ring (bicyclic) bond motifs is 1. The Morgan fingerprint density at radius 2 is 1.97 bits per heavy atom. The number of hydrogen-bond acceptors (Lipinski definition) is 8. The van der Waals surface area contributed by atoms with Gasteiger partial charge < -0.3 is 19.6 Å². The zero-order valence-electron chi connectivity index (χ0n) is 17.6. The van der Waals surface area contributed by atoms with Crippen molar-refractivity contribution in [3.05, 3.63) is 75.9 Å². The van der Waals surface area contributed by atoms with Crippen molar-refractivity contribution in [2.75, 3.05) is 19.1 Å². The maximum atomic E-state index is 13.3. The largest absolute Gasteiger partial charge is 0.503 e. The molecule has 0 radical (unpaired) electrons. The van der Waals surface area contributed by atoms with E-state index in [1.165, 1.54) is 30.5 Å². The number of rotatable bonds is 6. The summed E-state index contributed by atoms with van der Waals surface area (Å²) in [5.41, 5.74) is 1.66. The number of aromatic nitrogens is 3. The van der Waals surface area contributed by atoms with Crippen LogP contribution in [-0.2, 0) is 4.79 Å². The third kappa shape index (κ3) is 3.31. The van der Waals surface area contributed by atoms with Gasteiger partial charge in [0.15, 0.2) is 17.3 Å². The highest BCUT2D eigenvalue weighted by Gasteiger charge is 2.46. The van der Waals surface area contributed by atoms with E-state index in [0.717, 1.165) is 0 Å². The lowest BCUT2D eigenvalue weighted by atomic mass is 9.97. The van der Waals surface area contributed by atoms with Gasteiger partial charge in [-0.05, 0) is 23.1 Å². The molecule has 10 heteroatoms. The molecule has 4 aromatic rings. The number of aliphatic hydroxyl groups excluding tert-OH is 1. The van der Waals surface area contributed by atoms with Gasteiger partial charge in [-0.3, -0.25) is 19.5 Å². The fourth-order valence-electron chi connectivity index (χ4n) is 3.89. The summed E-state index contributed by atoms with van der Waals surface area (Å²) in [6.07, 6.45) is 3.15. The van der Waals surface area contributed by atoms with Crippen molar-refractivity contribution < 1.29 is 24.2 Å². The van der Waals surface area contributed by atoms with Crippen LogP contribution in [0.5, 0.6) is 11.5 Å². The lowest BCUT2D eigenvalue weighted by Gasteiger charge is -2.24. The Hall–Kier alpha value is -4.18. The minimum absolute atomic E-state index is 0.0222. The molecule has 1 aromatic carbocycles.